The molecule has 0 amide bonds. The molecule has 0 heterocycles. The predicted octanol–water partition coefficient (Wildman–Crippen LogP) is 4.30. The molecule has 0 bridgehead atoms. The van der Waals surface area contributed by atoms with Crippen LogP contribution in [0.5, 0.6) is 5.75 Å². The van der Waals surface area contributed by atoms with Gasteiger partial charge in [0.05, 0.1) is 6.61 Å². The van der Waals surface area contributed by atoms with Crippen molar-refractivity contribution >= 4 is 0 Å². The van der Waals surface area contributed by atoms with Gasteiger partial charge in [0.2, 0.25) is 0 Å². The van der Waals surface area contributed by atoms with Gasteiger partial charge < -0.3 is 10.5 Å². The minimum absolute atomic E-state index is 0.125. The lowest BCUT2D eigenvalue weighted by atomic mass is 9.91. The van der Waals surface area contributed by atoms with Crippen LogP contribution in [0.25, 0.3) is 0 Å². The Morgan fingerprint density at radius 1 is 1.17 bits per heavy atom. The van der Waals surface area contributed by atoms with Crippen molar-refractivity contribution in [3.8, 4) is 5.75 Å². The van der Waals surface area contributed by atoms with Gasteiger partial charge in [-0.2, -0.15) is 0 Å². The molecular weight excluding hydrogens is 222 g/mol. The first-order valence-corrected chi connectivity index (χ1v) is 7.19. The van der Waals surface area contributed by atoms with Crippen molar-refractivity contribution < 1.29 is 4.74 Å². The van der Waals surface area contributed by atoms with Gasteiger partial charge in [-0.3, -0.25) is 0 Å². The van der Waals surface area contributed by atoms with Crippen LogP contribution in [-0.4, -0.2) is 6.61 Å². The first-order valence-electron chi connectivity index (χ1n) is 7.19. The molecule has 1 atom stereocenters. The van der Waals surface area contributed by atoms with Crippen molar-refractivity contribution in [3.63, 3.8) is 0 Å². The molecule has 1 aromatic rings. The Morgan fingerprint density at radius 3 is 2.50 bits per heavy atom. The third-order valence-corrected chi connectivity index (χ3v) is 3.50. The van der Waals surface area contributed by atoms with Crippen LogP contribution in [0.4, 0.5) is 0 Å². The van der Waals surface area contributed by atoms with Crippen LogP contribution < -0.4 is 10.5 Å². The van der Waals surface area contributed by atoms with Crippen molar-refractivity contribution in [2.75, 3.05) is 6.61 Å². The zero-order valence-corrected chi connectivity index (χ0v) is 12.0. The van der Waals surface area contributed by atoms with E-state index in [1.54, 1.807) is 0 Å². The van der Waals surface area contributed by atoms with Crippen LogP contribution in [0, 0.1) is 5.92 Å². The number of nitrogens with two attached hydrogens (primary N) is 1. The Balaban J connectivity index is 2.64. The molecule has 0 aliphatic heterocycles. The van der Waals surface area contributed by atoms with Gasteiger partial charge in [0.25, 0.3) is 0 Å². The Labute approximate surface area is 112 Å². The molecule has 0 aromatic heterocycles. The van der Waals surface area contributed by atoms with Crippen molar-refractivity contribution in [3.05, 3.63) is 29.8 Å². The smallest absolute Gasteiger partial charge is 0.119 e. The zero-order chi connectivity index (χ0) is 13.4. The van der Waals surface area contributed by atoms with E-state index in [4.69, 9.17) is 10.5 Å². The third-order valence-electron chi connectivity index (χ3n) is 3.50. The molecule has 2 heteroatoms. The Morgan fingerprint density at radius 2 is 1.89 bits per heavy atom. The monoisotopic (exact) mass is 249 g/mol. The Bertz CT molecular complexity index is 334. The molecule has 0 radical (unpaired) electrons. The number of benzene rings is 1. The topological polar surface area (TPSA) is 35.2 Å². The fourth-order valence-corrected chi connectivity index (χ4v) is 2.17. The van der Waals surface area contributed by atoms with E-state index in [1.165, 1.54) is 18.4 Å². The maximum Gasteiger partial charge on any atom is 0.119 e. The van der Waals surface area contributed by atoms with Gasteiger partial charge in [-0.05, 0) is 36.5 Å². The zero-order valence-electron chi connectivity index (χ0n) is 12.0. The van der Waals surface area contributed by atoms with E-state index >= 15 is 0 Å². The third kappa shape index (κ3) is 4.69. The van der Waals surface area contributed by atoms with Gasteiger partial charge in [0.15, 0.2) is 0 Å². The summed E-state index contributed by atoms with van der Waals surface area (Å²) in [6, 6.07) is 8.35. The normalized spacial score (nSPS) is 12.7. The van der Waals surface area contributed by atoms with Crippen LogP contribution in [-0.2, 0) is 0 Å². The molecule has 1 rings (SSSR count). The van der Waals surface area contributed by atoms with Crippen molar-refractivity contribution in [2.24, 2.45) is 11.7 Å². The van der Waals surface area contributed by atoms with Gasteiger partial charge in [0, 0.05) is 6.04 Å². The second-order valence-corrected chi connectivity index (χ2v) is 4.95. The average molecular weight is 249 g/mol. The molecule has 2 N–H and O–H groups in total. The van der Waals surface area contributed by atoms with Crippen LogP contribution >= 0.6 is 0 Å². The molecule has 0 saturated heterocycles. The lowest BCUT2D eigenvalue weighted by Gasteiger charge is -2.19. The quantitative estimate of drug-likeness (QED) is 0.745. The SMILES string of the molecule is CCCOc1cccc(C(N)CC(CC)CC)c1. The van der Waals surface area contributed by atoms with Gasteiger partial charge in [-0.25, -0.2) is 0 Å². The van der Waals surface area contributed by atoms with E-state index in [-0.39, 0.29) is 6.04 Å². The van der Waals surface area contributed by atoms with Gasteiger partial charge in [-0.15, -0.1) is 0 Å². The predicted molar refractivity (Wildman–Crippen MR) is 77.8 cm³/mol. The molecule has 2 nitrogen and oxygen atoms in total. The number of ether oxygens (including phenoxy) is 1. The fraction of sp³-hybridized carbons (Fsp3) is 0.625. The van der Waals surface area contributed by atoms with E-state index < -0.39 is 0 Å². The second-order valence-electron chi connectivity index (χ2n) is 4.95. The van der Waals surface area contributed by atoms with Crippen molar-refractivity contribution in [1.82, 2.24) is 0 Å². The maximum absolute atomic E-state index is 6.29. The summed E-state index contributed by atoms with van der Waals surface area (Å²) in [5, 5.41) is 0. The minimum atomic E-state index is 0.125. The van der Waals surface area contributed by atoms with E-state index in [2.05, 4.69) is 32.9 Å². The summed E-state index contributed by atoms with van der Waals surface area (Å²) in [6.07, 6.45) is 4.50. The summed E-state index contributed by atoms with van der Waals surface area (Å²) in [6.45, 7) is 7.36. The maximum atomic E-state index is 6.29. The molecule has 1 unspecified atom stereocenters. The molecule has 18 heavy (non-hydrogen) atoms. The minimum Gasteiger partial charge on any atom is -0.494 e. The second kappa shape index (κ2) is 8.15. The van der Waals surface area contributed by atoms with E-state index in [9.17, 15) is 0 Å². The molecule has 0 aliphatic rings. The van der Waals surface area contributed by atoms with Crippen LogP contribution in [0.3, 0.4) is 0 Å². The molecule has 0 fully saturated rings. The summed E-state index contributed by atoms with van der Waals surface area (Å²) < 4.78 is 5.65. The van der Waals surface area contributed by atoms with E-state index in [1.807, 2.05) is 12.1 Å². The summed E-state index contributed by atoms with van der Waals surface area (Å²) in [7, 11) is 0. The van der Waals surface area contributed by atoms with E-state index in [0.29, 0.717) is 0 Å². The highest BCUT2D eigenvalue weighted by molar-refractivity contribution is 5.30. The molecule has 0 saturated carbocycles. The highest BCUT2D eigenvalue weighted by Crippen LogP contribution is 2.25. The van der Waals surface area contributed by atoms with Gasteiger partial charge >= 0.3 is 0 Å². The number of rotatable bonds is 8. The summed E-state index contributed by atoms with van der Waals surface area (Å²) >= 11 is 0. The first kappa shape index (κ1) is 15.0. The van der Waals surface area contributed by atoms with Crippen molar-refractivity contribution in [2.45, 2.75) is 52.5 Å². The Kier molecular flexibility index (Phi) is 6.81. The summed E-state index contributed by atoms with van der Waals surface area (Å²) in [5.74, 6) is 1.66. The van der Waals surface area contributed by atoms with E-state index in [0.717, 1.165) is 31.1 Å². The molecule has 0 aliphatic carbocycles. The highest BCUT2D eigenvalue weighted by atomic mass is 16.5. The standard InChI is InChI=1S/C16H27NO/c1-4-10-18-15-9-7-8-14(12-15)16(17)11-13(5-2)6-3/h7-9,12-13,16H,4-6,10-11,17H2,1-3H3. The first-order chi connectivity index (χ1) is 8.71. The lowest BCUT2D eigenvalue weighted by Crippen LogP contribution is -2.15. The van der Waals surface area contributed by atoms with Crippen molar-refractivity contribution in [1.29, 1.82) is 0 Å². The lowest BCUT2D eigenvalue weighted by molar-refractivity contribution is 0.316. The number of hydrogen-bond donors (Lipinski definition) is 1. The summed E-state index contributed by atoms with van der Waals surface area (Å²) in [5.41, 5.74) is 7.48. The average Bonchev–Trinajstić information content (AvgIpc) is 2.42. The van der Waals surface area contributed by atoms with Gasteiger partial charge in [-0.1, -0.05) is 45.7 Å². The van der Waals surface area contributed by atoms with Gasteiger partial charge in [0.1, 0.15) is 5.75 Å². The molecule has 0 spiro atoms. The summed E-state index contributed by atoms with van der Waals surface area (Å²) in [4.78, 5) is 0. The largest absolute Gasteiger partial charge is 0.494 e. The van der Waals surface area contributed by atoms with Crippen LogP contribution in [0.2, 0.25) is 0 Å². The molecule has 102 valence electrons. The van der Waals surface area contributed by atoms with Crippen LogP contribution in [0.15, 0.2) is 24.3 Å². The highest BCUT2D eigenvalue weighted by Gasteiger charge is 2.12. The molecule has 1 aromatic carbocycles. The molecular formula is C16H27NO. The number of hydrogen-bond acceptors (Lipinski definition) is 2. The van der Waals surface area contributed by atoms with Crippen LogP contribution in [0.1, 0.15) is 58.1 Å². The fourth-order valence-electron chi connectivity index (χ4n) is 2.17. The Hall–Kier alpha value is -1.02.